The van der Waals surface area contributed by atoms with Crippen molar-refractivity contribution in [2.75, 3.05) is 17.6 Å². The molecule has 0 atom stereocenters. The van der Waals surface area contributed by atoms with E-state index in [-0.39, 0.29) is 29.7 Å². The van der Waals surface area contributed by atoms with Crippen LogP contribution in [0.1, 0.15) is 30.9 Å². The number of anilines is 1. The van der Waals surface area contributed by atoms with Crippen molar-refractivity contribution >= 4 is 45.9 Å². The van der Waals surface area contributed by atoms with Crippen LogP contribution in [0.3, 0.4) is 0 Å². The van der Waals surface area contributed by atoms with Gasteiger partial charge in [0.25, 0.3) is 5.56 Å². The van der Waals surface area contributed by atoms with Gasteiger partial charge < -0.3 is 10.6 Å². The van der Waals surface area contributed by atoms with Crippen molar-refractivity contribution in [3.63, 3.8) is 0 Å². The van der Waals surface area contributed by atoms with Crippen molar-refractivity contribution in [2.24, 2.45) is 0 Å². The number of nitrogens with zero attached hydrogens (tertiary/aromatic N) is 4. The Balaban J connectivity index is 1.46. The first-order valence-electron chi connectivity index (χ1n) is 11.5. The number of para-hydroxylation sites is 1. The fraction of sp³-hybridized carbons (Fsp3) is 0.320. The minimum Gasteiger partial charge on any atom is -0.346 e. The van der Waals surface area contributed by atoms with E-state index in [4.69, 9.17) is 0 Å². The lowest BCUT2D eigenvalue weighted by Crippen LogP contribution is -2.34. The van der Waals surface area contributed by atoms with Crippen LogP contribution in [0.5, 0.6) is 0 Å². The van der Waals surface area contributed by atoms with Crippen LogP contribution in [0.25, 0.3) is 16.7 Å². The zero-order valence-corrected chi connectivity index (χ0v) is 20.8. The zero-order chi connectivity index (χ0) is 24.9. The van der Waals surface area contributed by atoms with Gasteiger partial charge in [0.15, 0.2) is 5.16 Å². The number of hydrogen-bond donors (Lipinski definition) is 2. The Morgan fingerprint density at radius 1 is 1.03 bits per heavy atom. The van der Waals surface area contributed by atoms with Gasteiger partial charge in [-0.3, -0.25) is 23.4 Å². The van der Waals surface area contributed by atoms with Crippen LogP contribution in [0.15, 0.2) is 52.4 Å². The lowest BCUT2D eigenvalue weighted by atomic mass is 10.1. The maximum atomic E-state index is 13.0. The summed E-state index contributed by atoms with van der Waals surface area (Å²) >= 11 is 1.21. The molecule has 4 rings (SSSR count). The van der Waals surface area contributed by atoms with E-state index in [1.165, 1.54) is 11.8 Å². The van der Waals surface area contributed by atoms with Crippen LogP contribution >= 0.6 is 11.8 Å². The van der Waals surface area contributed by atoms with E-state index in [1.807, 2.05) is 54.6 Å². The highest BCUT2D eigenvalue weighted by Gasteiger charge is 2.17. The molecule has 0 aliphatic heterocycles. The number of rotatable bonds is 9. The first kappa shape index (κ1) is 24.5. The summed E-state index contributed by atoms with van der Waals surface area (Å²) in [4.78, 5) is 37.8. The first-order chi connectivity index (χ1) is 16.9. The summed E-state index contributed by atoms with van der Waals surface area (Å²) in [5.74, 6) is -0.0831. The molecule has 0 aliphatic rings. The number of carbonyl (C=O) groups excluding carboxylic acids is 2. The number of thioether (sulfide) groups is 1. The molecule has 0 radical (unpaired) electrons. The average molecular weight is 493 g/mol. The third-order valence-electron chi connectivity index (χ3n) is 5.87. The summed E-state index contributed by atoms with van der Waals surface area (Å²) in [6.45, 7) is 6.39. The zero-order valence-electron chi connectivity index (χ0n) is 20.0. The molecule has 4 aromatic rings. The van der Waals surface area contributed by atoms with E-state index in [0.29, 0.717) is 28.4 Å². The lowest BCUT2D eigenvalue weighted by Gasteiger charge is -2.11. The van der Waals surface area contributed by atoms with Crippen molar-refractivity contribution in [1.29, 1.82) is 0 Å². The van der Waals surface area contributed by atoms with Gasteiger partial charge in [0.2, 0.25) is 17.6 Å². The monoisotopic (exact) mass is 492 g/mol. The van der Waals surface area contributed by atoms with Crippen molar-refractivity contribution in [1.82, 2.24) is 24.5 Å². The van der Waals surface area contributed by atoms with Crippen molar-refractivity contribution < 1.29 is 9.59 Å². The Morgan fingerprint density at radius 3 is 2.63 bits per heavy atom. The highest BCUT2D eigenvalue weighted by atomic mass is 32.2. The van der Waals surface area contributed by atoms with Crippen LogP contribution in [-0.4, -0.2) is 43.3 Å². The van der Waals surface area contributed by atoms with Crippen LogP contribution in [0.2, 0.25) is 0 Å². The Morgan fingerprint density at radius 2 is 1.83 bits per heavy atom. The van der Waals surface area contributed by atoms with E-state index in [0.717, 1.165) is 29.7 Å². The van der Waals surface area contributed by atoms with Crippen LogP contribution < -0.4 is 16.2 Å². The summed E-state index contributed by atoms with van der Waals surface area (Å²) in [7, 11) is 0. The number of fused-ring (bicyclic) bond motifs is 3. The predicted molar refractivity (Wildman–Crippen MR) is 138 cm³/mol. The van der Waals surface area contributed by atoms with Gasteiger partial charge >= 0.3 is 0 Å². The molecule has 2 aromatic heterocycles. The van der Waals surface area contributed by atoms with E-state index >= 15 is 0 Å². The number of carbonyl (C=O) groups is 2. The highest BCUT2D eigenvalue weighted by molar-refractivity contribution is 7.99. The van der Waals surface area contributed by atoms with E-state index in [9.17, 15) is 14.4 Å². The maximum Gasteiger partial charge on any atom is 0.262 e. The van der Waals surface area contributed by atoms with E-state index in [2.05, 4.69) is 27.8 Å². The second-order valence-corrected chi connectivity index (χ2v) is 9.25. The maximum absolute atomic E-state index is 13.0. The molecule has 10 heteroatoms. The molecular formula is C25H28N6O3S. The molecule has 2 heterocycles. The number of aryl methyl sites for hydroxylation is 2. The molecule has 2 amide bonds. The molecule has 2 N–H and O–H groups in total. The molecule has 0 aliphatic carbocycles. The van der Waals surface area contributed by atoms with Gasteiger partial charge in [-0.25, -0.2) is 0 Å². The van der Waals surface area contributed by atoms with Gasteiger partial charge in [-0.2, -0.15) is 0 Å². The third-order valence-corrected chi connectivity index (χ3v) is 6.80. The van der Waals surface area contributed by atoms with Gasteiger partial charge in [0.1, 0.15) is 0 Å². The molecule has 0 unspecified atom stereocenters. The topological polar surface area (TPSA) is 110 Å². The van der Waals surface area contributed by atoms with Gasteiger partial charge in [-0.1, -0.05) is 49.4 Å². The fourth-order valence-electron chi connectivity index (χ4n) is 3.79. The lowest BCUT2D eigenvalue weighted by molar-refractivity contribution is -0.122. The number of nitrogens with one attached hydrogen (secondary N) is 2. The van der Waals surface area contributed by atoms with E-state index < -0.39 is 0 Å². The predicted octanol–water partition coefficient (Wildman–Crippen LogP) is 3.31. The summed E-state index contributed by atoms with van der Waals surface area (Å²) < 4.78 is 3.46. The van der Waals surface area contributed by atoms with E-state index in [1.54, 1.807) is 10.6 Å². The quantitative estimate of drug-likeness (QED) is 0.347. The molecule has 0 bridgehead atoms. The van der Waals surface area contributed by atoms with Gasteiger partial charge in [-0.15, -0.1) is 10.2 Å². The molecule has 182 valence electrons. The standard InChI is InChI=1S/C25H28N6O3S/c1-4-5-13-30-23(34)18-10-6-7-12-20(18)31-24(30)28-29-25(31)35-15-22(33)26-14-21(32)27-19-11-8-9-16(2)17(19)3/h6-12H,4-5,13-15H2,1-3H3,(H,26,33)(H,27,32). The number of hydrogen-bond acceptors (Lipinski definition) is 6. The second-order valence-electron chi connectivity index (χ2n) is 8.31. The summed E-state index contributed by atoms with van der Waals surface area (Å²) in [5.41, 5.74) is 3.40. The average Bonchev–Trinajstić information content (AvgIpc) is 3.28. The first-order valence-corrected chi connectivity index (χ1v) is 12.5. The minimum absolute atomic E-state index is 0.0555. The molecule has 9 nitrogen and oxygen atoms in total. The van der Waals surface area contributed by atoms with Gasteiger partial charge in [0, 0.05) is 12.2 Å². The number of aromatic nitrogens is 4. The van der Waals surface area contributed by atoms with Crippen LogP contribution in [0, 0.1) is 13.8 Å². The Hall–Kier alpha value is -3.66. The van der Waals surface area contributed by atoms with Crippen molar-refractivity contribution in [3.05, 3.63) is 63.9 Å². The van der Waals surface area contributed by atoms with Crippen molar-refractivity contribution in [2.45, 2.75) is 45.3 Å². The van der Waals surface area contributed by atoms with Crippen molar-refractivity contribution in [3.8, 4) is 0 Å². The number of amides is 2. The Labute approximate surface area is 206 Å². The van der Waals surface area contributed by atoms with Gasteiger partial charge in [-0.05, 0) is 49.6 Å². The molecule has 0 saturated heterocycles. The highest BCUT2D eigenvalue weighted by Crippen LogP contribution is 2.22. The largest absolute Gasteiger partial charge is 0.346 e. The molecule has 0 fully saturated rings. The minimum atomic E-state index is -0.300. The Kier molecular flexibility index (Phi) is 7.50. The molecule has 0 spiro atoms. The van der Waals surface area contributed by atoms with Gasteiger partial charge in [0.05, 0.1) is 23.2 Å². The van der Waals surface area contributed by atoms with Crippen LogP contribution in [-0.2, 0) is 16.1 Å². The molecule has 2 aromatic carbocycles. The summed E-state index contributed by atoms with van der Waals surface area (Å²) in [6, 6.07) is 13.0. The fourth-order valence-corrected chi connectivity index (χ4v) is 4.56. The smallest absolute Gasteiger partial charge is 0.262 e. The summed E-state index contributed by atoms with van der Waals surface area (Å²) in [6.07, 6.45) is 1.79. The molecular weight excluding hydrogens is 464 g/mol. The second kappa shape index (κ2) is 10.7. The number of unbranched alkanes of at least 4 members (excludes halogenated alkanes) is 1. The normalized spacial score (nSPS) is 11.2. The summed E-state index contributed by atoms with van der Waals surface area (Å²) in [5, 5.41) is 15.1. The number of benzene rings is 2. The molecule has 35 heavy (non-hydrogen) atoms. The van der Waals surface area contributed by atoms with Crippen LogP contribution in [0.4, 0.5) is 5.69 Å². The Bertz CT molecular complexity index is 1460. The SMILES string of the molecule is CCCCn1c(=O)c2ccccc2n2c(SCC(=O)NCC(=O)Nc3cccc(C)c3C)nnc12. The molecule has 0 saturated carbocycles. The third kappa shape index (κ3) is 5.22.